The Morgan fingerprint density at radius 2 is 2.06 bits per heavy atom. The Bertz CT molecular complexity index is 1170. The fourth-order valence-electron chi connectivity index (χ4n) is 5.43. The summed E-state index contributed by atoms with van der Waals surface area (Å²) >= 11 is 0. The molecular weight excluding hydrogens is 404 g/mol. The maximum Gasteiger partial charge on any atom is 0.109 e. The van der Waals surface area contributed by atoms with Gasteiger partial charge in [0.2, 0.25) is 0 Å². The largest absolute Gasteiger partial charge is 0.378 e. The SMILES string of the molecule is C=C(NC1CCc2ccc(-c3cn4c(n3)CCC4)cc21)c1cc(C)c(C)c(CCCCN)c1. The lowest BCUT2D eigenvalue weighted by Gasteiger charge is -2.20. The maximum absolute atomic E-state index is 5.71. The standard InChI is InChI=1S/C29H36N4/c1-19-15-25(16-23(20(19)2)7-4-5-13-30)21(3)31-27-12-11-22-9-10-24(17-26(22)27)28-18-33-14-6-8-29(33)32-28/h9-10,15-18,27,31H,3-8,11-14,30H2,1-2H3. The van der Waals surface area contributed by atoms with E-state index in [4.69, 9.17) is 10.7 Å². The van der Waals surface area contributed by atoms with E-state index in [-0.39, 0.29) is 0 Å². The number of aromatic nitrogens is 2. The summed E-state index contributed by atoms with van der Waals surface area (Å²) in [6.07, 6.45) is 10.0. The van der Waals surface area contributed by atoms with Gasteiger partial charge in [-0.3, -0.25) is 0 Å². The Balaban J connectivity index is 1.35. The van der Waals surface area contributed by atoms with Crippen molar-refractivity contribution in [3.8, 4) is 11.3 Å². The lowest BCUT2D eigenvalue weighted by atomic mass is 9.94. The number of rotatable bonds is 8. The summed E-state index contributed by atoms with van der Waals surface area (Å²) in [5, 5.41) is 3.77. The van der Waals surface area contributed by atoms with Gasteiger partial charge in [0, 0.05) is 30.4 Å². The van der Waals surface area contributed by atoms with Gasteiger partial charge in [0.15, 0.2) is 0 Å². The number of hydrogen-bond donors (Lipinski definition) is 2. The van der Waals surface area contributed by atoms with Gasteiger partial charge in [-0.1, -0.05) is 18.7 Å². The van der Waals surface area contributed by atoms with Crippen molar-refractivity contribution < 1.29 is 0 Å². The van der Waals surface area contributed by atoms with E-state index in [1.165, 1.54) is 51.2 Å². The summed E-state index contributed by atoms with van der Waals surface area (Å²) in [6.45, 7) is 10.7. The molecule has 0 radical (unpaired) electrons. The maximum atomic E-state index is 5.71. The minimum atomic E-state index is 0.296. The number of nitrogens with two attached hydrogens (primary N) is 1. The topological polar surface area (TPSA) is 55.9 Å². The molecule has 4 nitrogen and oxygen atoms in total. The van der Waals surface area contributed by atoms with E-state index in [1.54, 1.807) is 0 Å². The zero-order valence-electron chi connectivity index (χ0n) is 20.1. The Morgan fingerprint density at radius 1 is 1.18 bits per heavy atom. The van der Waals surface area contributed by atoms with E-state index in [9.17, 15) is 0 Å². The fourth-order valence-corrected chi connectivity index (χ4v) is 5.43. The molecule has 0 amide bonds. The normalized spacial score (nSPS) is 16.6. The third-order valence-electron chi connectivity index (χ3n) is 7.55. The van der Waals surface area contributed by atoms with Gasteiger partial charge in [0.25, 0.3) is 0 Å². The van der Waals surface area contributed by atoms with E-state index in [0.29, 0.717) is 6.04 Å². The van der Waals surface area contributed by atoms with Crippen LogP contribution in [0.3, 0.4) is 0 Å². The van der Waals surface area contributed by atoms with Gasteiger partial charge in [0.1, 0.15) is 5.82 Å². The van der Waals surface area contributed by atoms with Gasteiger partial charge in [-0.25, -0.2) is 4.98 Å². The van der Waals surface area contributed by atoms with Crippen molar-refractivity contribution in [1.82, 2.24) is 14.9 Å². The molecule has 0 saturated heterocycles. The van der Waals surface area contributed by atoms with E-state index >= 15 is 0 Å². The van der Waals surface area contributed by atoms with Crippen LogP contribution in [0.5, 0.6) is 0 Å². The molecule has 2 aromatic carbocycles. The fraction of sp³-hybridized carbons (Fsp3) is 0.414. The molecule has 0 spiro atoms. The molecule has 2 heterocycles. The second-order valence-electron chi connectivity index (χ2n) is 9.79. The zero-order chi connectivity index (χ0) is 22.9. The van der Waals surface area contributed by atoms with Crippen molar-refractivity contribution in [3.05, 3.63) is 82.3 Å². The molecule has 5 rings (SSSR count). The number of nitrogens with zero attached hydrogens (tertiary/aromatic N) is 2. The average molecular weight is 441 g/mol. The van der Waals surface area contributed by atoms with Gasteiger partial charge in [-0.2, -0.15) is 0 Å². The van der Waals surface area contributed by atoms with Crippen molar-refractivity contribution in [2.75, 3.05) is 6.54 Å². The van der Waals surface area contributed by atoms with Crippen molar-refractivity contribution in [2.45, 2.75) is 71.4 Å². The first-order chi connectivity index (χ1) is 16.0. The minimum Gasteiger partial charge on any atom is -0.378 e. The predicted octanol–water partition coefficient (Wildman–Crippen LogP) is 5.64. The van der Waals surface area contributed by atoms with Crippen molar-refractivity contribution in [1.29, 1.82) is 0 Å². The van der Waals surface area contributed by atoms with Crippen LogP contribution in [0.4, 0.5) is 0 Å². The molecule has 0 fully saturated rings. The highest BCUT2D eigenvalue weighted by Gasteiger charge is 2.24. The number of imidazole rings is 1. The summed E-state index contributed by atoms with van der Waals surface area (Å²) < 4.78 is 2.31. The number of aryl methyl sites for hydroxylation is 5. The Kier molecular flexibility index (Phi) is 6.11. The second kappa shape index (κ2) is 9.18. The molecule has 0 bridgehead atoms. The van der Waals surface area contributed by atoms with Crippen LogP contribution < -0.4 is 11.1 Å². The van der Waals surface area contributed by atoms with Crippen LogP contribution in [-0.4, -0.2) is 16.1 Å². The summed E-state index contributed by atoms with van der Waals surface area (Å²) in [5.41, 5.74) is 17.2. The molecule has 1 unspecified atom stereocenters. The van der Waals surface area contributed by atoms with Crippen LogP contribution >= 0.6 is 0 Å². The smallest absolute Gasteiger partial charge is 0.109 e. The van der Waals surface area contributed by atoms with Crippen LogP contribution in [0.2, 0.25) is 0 Å². The number of benzene rings is 2. The minimum absolute atomic E-state index is 0.296. The Labute approximate surface area is 197 Å². The highest BCUT2D eigenvalue weighted by Crippen LogP contribution is 2.36. The quantitative estimate of drug-likeness (QED) is 0.446. The molecule has 172 valence electrons. The molecule has 1 aliphatic heterocycles. The first kappa shape index (κ1) is 22.0. The van der Waals surface area contributed by atoms with Crippen molar-refractivity contribution in [2.24, 2.45) is 5.73 Å². The van der Waals surface area contributed by atoms with Gasteiger partial charge < -0.3 is 15.6 Å². The average Bonchev–Trinajstić information content (AvgIpc) is 3.51. The molecular formula is C29H36N4. The number of unbranched alkanes of at least 4 members (excludes halogenated alkanes) is 1. The number of fused-ring (bicyclic) bond motifs is 2. The van der Waals surface area contributed by atoms with E-state index < -0.39 is 0 Å². The first-order valence-electron chi connectivity index (χ1n) is 12.5. The van der Waals surface area contributed by atoms with E-state index in [1.807, 2.05) is 0 Å². The van der Waals surface area contributed by atoms with E-state index in [2.05, 4.69) is 66.8 Å². The van der Waals surface area contributed by atoms with Gasteiger partial charge in [-0.15, -0.1) is 0 Å². The highest BCUT2D eigenvalue weighted by molar-refractivity contribution is 5.66. The first-order valence-corrected chi connectivity index (χ1v) is 12.5. The van der Waals surface area contributed by atoms with Crippen LogP contribution in [0, 0.1) is 13.8 Å². The monoisotopic (exact) mass is 440 g/mol. The molecule has 2 aliphatic rings. The predicted molar refractivity (Wildman–Crippen MR) is 137 cm³/mol. The van der Waals surface area contributed by atoms with Gasteiger partial charge in [0.05, 0.1) is 11.7 Å². The molecule has 4 heteroatoms. The molecule has 3 aromatic rings. The van der Waals surface area contributed by atoms with Crippen LogP contribution in [0.25, 0.3) is 17.0 Å². The Hall–Kier alpha value is -2.85. The molecule has 1 aromatic heterocycles. The third kappa shape index (κ3) is 4.37. The van der Waals surface area contributed by atoms with Crippen molar-refractivity contribution >= 4 is 5.70 Å². The molecule has 3 N–H and O–H groups in total. The molecule has 0 saturated carbocycles. The zero-order valence-corrected chi connectivity index (χ0v) is 20.1. The summed E-state index contributed by atoms with van der Waals surface area (Å²) in [5.74, 6) is 1.23. The van der Waals surface area contributed by atoms with Crippen LogP contribution in [-0.2, 0) is 25.8 Å². The summed E-state index contributed by atoms with van der Waals surface area (Å²) in [6, 6.07) is 11.8. The Morgan fingerprint density at radius 3 is 2.88 bits per heavy atom. The van der Waals surface area contributed by atoms with Crippen LogP contribution in [0.15, 0.2) is 43.1 Å². The molecule has 33 heavy (non-hydrogen) atoms. The lowest BCUT2D eigenvalue weighted by molar-refractivity contribution is 0.628. The summed E-state index contributed by atoms with van der Waals surface area (Å²) in [4.78, 5) is 4.90. The van der Waals surface area contributed by atoms with Crippen LogP contribution in [0.1, 0.15) is 70.9 Å². The number of nitrogens with one attached hydrogen (secondary N) is 1. The van der Waals surface area contributed by atoms with Gasteiger partial charge in [-0.05, 0) is 110 Å². The van der Waals surface area contributed by atoms with E-state index in [0.717, 1.165) is 63.0 Å². The lowest BCUT2D eigenvalue weighted by Crippen LogP contribution is -2.17. The molecule has 1 aliphatic carbocycles. The van der Waals surface area contributed by atoms with Crippen molar-refractivity contribution in [3.63, 3.8) is 0 Å². The third-order valence-corrected chi connectivity index (χ3v) is 7.55. The summed E-state index contributed by atoms with van der Waals surface area (Å²) in [7, 11) is 0. The number of hydrogen-bond acceptors (Lipinski definition) is 3. The highest BCUT2D eigenvalue weighted by atomic mass is 15.1. The molecule has 1 atom stereocenters. The second-order valence-corrected chi connectivity index (χ2v) is 9.79. The van der Waals surface area contributed by atoms with Gasteiger partial charge >= 0.3 is 0 Å².